The number of methoxy groups -OCH3 is 1. The SMILES string of the molecule is C=CCN(CCc1ccccc1)C(=O)[C@@H]1CC(=O)N(c2ccc(OC)cc2)C1. The molecule has 1 saturated heterocycles. The molecule has 5 nitrogen and oxygen atoms in total. The standard InChI is InChI=1S/C23H26N2O3/c1-3-14-24(15-13-18-7-5-4-6-8-18)23(27)19-16-22(26)25(17-19)20-9-11-21(28-2)12-10-20/h3-12,19H,1,13-17H2,2H3/t19-/m1/s1. The summed E-state index contributed by atoms with van der Waals surface area (Å²) in [7, 11) is 1.61. The van der Waals surface area contributed by atoms with E-state index in [1.165, 1.54) is 5.56 Å². The first-order valence-electron chi connectivity index (χ1n) is 9.50. The van der Waals surface area contributed by atoms with Crippen molar-refractivity contribution in [2.24, 2.45) is 5.92 Å². The van der Waals surface area contributed by atoms with Crippen molar-refractivity contribution in [2.75, 3.05) is 31.6 Å². The van der Waals surface area contributed by atoms with Gasteiger partial charge in [0.25, 0.3) is 0 Å². The first-order chi connectivity index (χ1) is 13.6. The molecule has 1 aliphatic heterocycles. The zero-order valence-corrected chi connectivity index (χ0v) is 16.2. The first kappa shape index (κ1) is 19.7. The number of hydrogen-bond donors (Lipinski definition) is 0. The number of ether oxygens (including phenoxy) is 1. The zero-order chi connectivity index (χ0) is 19.9. The smallest absolute Gasteiger partial charge is 0.228 e. The summed E-state index contributed by atoms with van der Waals surface area (Å²) in [6.07, 6.45) is 2.76. The molecule has 1 atom stereocenters. The van der Waals surface area contributed by atoms with E-state index in [1.54, 1.807) is 23.0 Å². The van der Waals surface area contributed by atoms with Crippen LogP contribution < -0.4 is 9.64 Å². The average molecular weight is 378 g/mol. The fourth-order valence-electron chi connectivity index (χ4n) is 3.50. The highest BCUT2D eigenvalue weighted by atomic mass is 16.5. The molecule has 2 aromatic rings. The van der Waals surface area contributed by atoms with E-state index in [0.29, 0.717) is 19.6 Å². The Hall–Kier alpha value is -3.08. The summed E-state index contributed by atoms with van der Waals surface area (Å²) in [5.41, 5.74) is 1.98. The Balaban J connectivity index is 1.65. The highest BCUT2D eigenvalue weighted by molar-refractivity contribution is 6.00. The first-order valence-corrected chi connectivity index (χ1v) is 9.50. The second-order valence-corrected chi connectivity index (χ2v) is 6.91. The number of hydrogen-bond acceptors (Lipinski definition) is 3. The van der Waals surface area contributed by atoms with Crippen LogP contribution in [-0.4, -0.2) is 43.5 Å². The van der Waals surface area contributed by atoms with Crippen LogP contribution in [0.25, 0.3) is 0 Å². The molecule has 28 heavy (non-hydrogen) atoms. The molecular weight excluding hydrogens is 352 g/mol. The van der Waals surface area contributed by atoms with E-state index >= 15 is 0 Å². The maximum Gasteiger partial charge on any atom is 0.228 e. The molecule has 1 aliphatic rings. The van der Waals surface area contributed by atoms with Crippen molar-refractivity contribution < 1.29 is 14.3 Å². The third-order valence-electron chi connectivity index (χ3n) is 5.03. The van der Waals surface area contributed by atoms with Crippen LogP contribution in [0, 0.1) is 5.92 Å². The van der Waals surface area contributed by atoms with Crippen molar-refractivity contribution in [3.63, 3.8) is 0 Å². The number of rotatable bonds is 8. The number of carbonyl (C=O) groups is 2. The normalized spacial score (nSPS) is 16.1. The van der Waals surface area contributed by atoms with Crippen LogP contribution in [0.3, 0.4) is 0 Å². The van der Waals surface area contributed by atoms with Crippen LogP contribution in [0.5, 0.6) is 5.75 Å². The Morgan fingerprint density at radius 3 is 2.57 bits per heavy atom. The highest BCUT2D eigenvalue weighted by Crippen LogP contribution is 2.28. The fourth-order valence-corrected chi connectivity index (χ4v) is 3.50. The van der Waals surface area contributed by atoms with Gasteiger partial charge in [-0.1, -0.05) is 36.4 Å². The summed E-state index contributed by atoms with van der Waals surface area (Å²) in [6.45, 7) is 5.28. The van der Waals surface area contributed by atoms with E-state index in [0.717, 1.165) is 17.9 Å². The monoisotopic (exact) mass is 378 g/mol. The molecule has 0 saturated carbocycles. The number of benzene rings is 2. The van der Waals surface area contributed by atoms with Crippen molar-refractivity contribution >= 4 is 17.5 Å². The molecule has 2 aromatic carbocycles. The van der Waals surface area contributed by atoms with E-state index < -0.39 is 0 Å². The minimum absolute atomic E-state index is 0.0141. The summed E-state index contributed by atoms with van der Waals surface area (Å²) in [5, 5.41) is 0. The van der Waals surface area contributed by atoms with Gasteiger partial charge in [0, 0.05) is 31.7 Å². The van der Waals surface area contributed by atoms with Gasteiger partial charge in [-0.3, -0.25) is 9.59 Å². The van der Waals surface area contributed by atoms with Crippen LogP contribution >= 0.6 is 0 Å². The van der Waals surface area contributed by atoms with Gasteiger partial charge in [0.2, 0.25) is 11.8 Å². The Kier molecular flexibility index (Phi) is 6.48. The van der Waals surface area contributed by atoms with Gasteiger partial charge in [0.15, 0.2) is 0 Å². The van der Waals surface area contributed by atoms with Gasteiger partial charge < -0.3 is 14.5 Å². The number of amides is 2. The van der Waals surface area contributed by atoms with Crippen LogP contribution in [0.4, 0.5) is 5.69 Å². The predicted octanol–water partition coefficient (Wildman–Crippen LogP) is 3.31. The van der Waals surface area contributed by atoms with Gasteiger partial charge in [-0.15, -0.1) is 6.58 Å². The molecule has 3 rings (SSSR count). The minimum atomic E-state index is -0.328. The van der Waals surface area contributed by atoms with E-state index in [9.17, 15) is 9.59 Å². The molecule has 0 aliphatic carbocycles. The maximum absolute atomic E-state index is 13.1. The van der Waals surface area contributed by atoms with E-state index in [1.807, 2.05) is 42.5 Å². The molecule has 0 bridgehead atoms. The topological polar surface area (TPSA) is 49.9 Å². The zero-order valence-electron chi connectivity index (χ0n) is 16.2. The van der Waals surface area contributed by atoms with E-state index in [-0.39, 0.29) is 24.2 Å². The third-order valence-corrected chi connectivity index (χ3v) is 5.03. The average Bonchev–Trinajstić information content (AvgIpc) is 3.13. The number of carbonyl (C=O) groups excluding carboxylic acids is 2. The van der Waals surface area contributed by atoms with Gasteiger partial charge in [-0.2, -0.15) is 0 Å². The lowest BCUT2D eigenvalue weighted by Gasteiger charge is -2.24. The predicted molar refractivity (Wildman–Crippen MR) is 110 cm³/mol. The Labute approximate surface area is 166 Å². The summed E-state index contributed by atoms with van der Waals surface area (Å²) >= 11 is 0. The second kappa shape index (κ2) is 9.22. The molecule has 146 valence electrons. The molecule has 5 heteroatoms. The molecule has 0 spiro atoms. The molecule has 0 aromatic heterocycles. The molecular formula is C23H26N2O3. The summed E-state index contributed by atoms with van der Waals surface area (Å²) in [6, 6.07) is 17.4. The van der Waals surface area contributed by atoms with Gasteiger partial charge in [0.05, 0.1) is 13.0 Å². The number of nitrogens with zero attached hydrogens (tertiary/aromatic N) is 2. The highest BCUT2D eigenvalue weighted by Gasteiger charge is 2.36. The van der Waals surface area contributed by atoms with Crippen LogP contribution in [0.1, 0.15) is 12.0 Å². The lowest BCUT2D eigenvalue weighted by atomic mass is 10.1. The summed E-state index contributed by atoms with van der Waals surface area (Å²) in [5.74, 6) is 0.400. The second-order valence-electron chi connectivity index (χ2n) is 6.91. The van der Waals surface area contributed by atoms with Crippen molar-refractivity contribution in [1.29, 1.82) is 0 Å². The lowest BCUT2D eigenvalue weighted by Crippen LogP contribution is -2.38. The van der Waals surface area contributed by atoms with E-state index in [2.05, 4.69) is 18.7 Å². The maximum atomic E-state index is 13.1. The van der Waals surface area contributed by atoms with Crippen molar-refractivity contribution in [2.45, 2.75) is 12.8 Å². The Morgan fingerprint density at radius 2 is 1.93 bits per heavy atom. The number of anilines is 1. The lowest BCUT2D eigenvalue weighted by molar-refractivity contribution is -0.135. The van der Waals surface area contributed by atoms with Crippen molar-refractivity contribution in [3.05, 3.63) is 72.8 Å². The van der Waals surface area contributed by atoms with Crippen molar-refractivity contribution in [3.8, 4) is 5.75 Å². The molecule has 0 radical (unpaired) electrons. The molecule has 1 heterocycles. The fraction of sp³-hybridized carbons (Fsp3) is 0.304. The van der Waals surface area contributed by atoms with Crippen LogP contribution in [0.2, 0.25) is 0 Å². The molecule has 1 fully saturated rings. The van der Waals surface area contributed by atoms with Gasteiger partial charge in [0.1, 0.15) is 5.75 Å². The minimum Gasteiger partial charge on any atom is -0.497 e. The Bertz CT molecular complexity index is 818. The third kappa shape index (κ3) is 4.60. The van der Waals surface area contributed by atoms with Crippen LogP contribution in [0.15, 0.2) is 67.3 Å². The van der Waals surface area contributed by atoms with Crippen LogP contribution in [-0.2, 0) is 16.0 Å². The molecule has 2 amide bonds. The van der Waals surface area contributed by atoms with Gasteiger partial charge in [-0.05, 0) is 36.2 Å². The summed E-state index contributed by atoms with van der Waals surface area (Å²) < 4.78 is 5.17. The largest absolute Gasteiger partial charge is 0.497 e. The summed E-state index contributed by atoms with van der Waals surface area (Å²) in [4.78, 5) is 29.1. The van der Waals surface area contributed by atoms with Gasteiger partial charge >= 0.3 is 0 Å². The molecule has 0 N–H and O–H groups in total. The molecule has 0 unspecified atom stereocenters. The Morgan fingerprint density at radius 1 is 1.21 bits per heavy atom. The van der Waals surface area contributed by atoms with Gasteiger partial charge in [-0.25, -0.2) is 0 Å². The van der Waals surface area contributed by atoms with E-state index in [4.69, 9.17) is 4.74 Å². The van der Waals surface area contributed by atoms with Crippen molar-refractivity contribution in [1.82, 2.24) is 4.90 Å². The quantitative estimate of drug-likeness (QED) is 0.662.